The summed E-state index contributed by atoms with van der Waals surface area (Å²) in [5.74, 6) is 0.0637. The number of nitrogens with zero attached hydrogens (tertiary/aromatic N) is 3. The van der Waals surface area contributed by atoms with Crippen molar-refractivity contribution in [1.29, 1.82) is 0 Å². The van der Waals surface area contributed by atoms with Crippen LogP contribution in [0.4, 0.5) is 5.82 Å². The van der Waals surface area contributed by atoms with Crippen LogP contribution in [-0.4, -0.2) is 32.4 Å². The molecule has 6 nitrogen and oxygen atoms in total. The molecule has 0 aliphatic carbocycles. The van der Waals surface area contributed by atoms with Crippen molar-refractivity contribution in [2.45, 2.75) is 19.3 Å². The fourth-order valence-electron chi connectivity index (χ4n) is 3.18. The SMILES string of the molecule is O=C(O)c1ccc(-n2nc(-c3ccncc3)c3c2NCCCC3)cc1. The van der Waals surface area contributed by atoms with Gasteiger partial charge in [0, 0.05) is 30.1 Å². The Morgan fingerprint density at radius 2 is 1.84 bits per heavy atom. The maximum atomic E-state index is 11.1. The summed E-state index contributed by atoms with van der Waals surface area (Å²) in [5, 5.41) is 17.4. The standard InChI is InChI=1S/C19H18N4O2/c24-19(25)14-4-6-15(7-5-14)23-18-16(3-1-2-10-21-18)17(22-23)13-8-11-20-12-9-13/h4-9,11-12,21H,1-3,10H2,(H,24,25). The predicted molar refractivity (Wildman–Crippen MR) is 95.2 cm³/mol. The van der Waals surface area contributed by atoms with Crippen molar-refractivity contribution >= 4 is 11.8 Å². The molecule has 0 atom stereocenters. The number of carboxylic acid groups (broad SMARTS) is 1. The summed E-state index contributed by atoms with van der Waals surface area (Å²) in [6.07, 6.45) is 6.73. The number of carbonyl (C=O) groups is 1. The maximum absolute atomic E-state index is 11.1. The Morgan fingerprint density at radius 3 is 2.56 bits per heavy atom. The Kier molecular flexibility index (Phi) is 3.93. The molecule has 1 aliphatic heterocycles. The normalized spacial score (nSPS) is 13.6. The minimum absolute atomic E-state index is 0.268. The molecule has 0 amide bonds. The highest BCUT2D eigenvalue weighted by atomic mass is 16.4. The third-order valence-electron chi connectivity index (χ3n) is 4.44. The van der Waals surface area contributed by atoms with E-state index in [1.165, 1.54) is 5.56 Å². The fraction of sp³-hybridized carbons (Fsp3) is 0.211. The second-order valence-corrected chi connectivity index (χ2v) is 6.06. The number of hydrogen-bond acceptors (Lipinski definition) is 4. The molecule has 1 aromatic carbocycles. The van der Waals surface area contributed by atoms with Gasteiger partial charge in [0.25, 0.3) is 0 Å². The van der Waals surface area contributed by atoms with Gasteiger partial charge in [0.2, 0.25) is 0 Å². The quantitative estimate of drug-likeness (QED) is 0.767. The fourth-order valence-corrected chi connectivity index (χ4v) is 3.18. The molecule has 25 heavy (non-hydrogen) atoms. The summed E-state index contributed by atoms with van der Waals surface area (Å²) in [6, 6.07) is 10.7. The molecule has 2 aromatic heterocycles. The van der Waals surface area contributed by atoms with Crippen molar-refractivity contribution in [1.82, 2.24) is 14.8 Å². The molecule has 126 valence electrons. The topological polar surface area (TPSA) is 80.0 Å². The lowest BCUT2D eigenvalue weighted by atomic mass is 10.0. The number of benzene rings is 1. The molecule has 0 radical (unpaired) electrons. The molecule has 2 N–H and O–H groups in total. The molecule has 0 saturated carbocycles. The molecule has 4 rings (SSSR count). The van der Waals surface area contributed by atoms with Crippen LogP contribution in [0.5, 0.6) is 0 Å². The van der Waals surface area contributed by atoms with Crippen molar-refractivity contribution in [2.24, 2.45) is 0 Å². The van der Waals surface area contributed by atoms with Gasteiger partial charge in [-0.1, -0.05) is 0 Å². The van der Waals surface area contributed by atoms with E-state index in [0.717, 1.165) is 48.6 Å². The number of aromatic nitrogens is 3. The summed E-state index contributed by atoms with van der Waals surface area (Å²) in [4.78, 5) is 15.2. The van der Waals surface area contributed by atoms with Crippen LogP contribution in [0.1, 0.15) is 28.8 Å². The first-order chi connectivity index (χ1) is 12.2. The minimum atomic E-state index is -0.929. The zero-order valence-electron chi connectivity index (χ0n) is 13.6. The summed E-state index contributed by atoms with van der Waals surface area (Å²) >= 11 is 0. The predicted octanol–water partition coefficient (Wildman–Crippen LogP) is 3.38. The smallest absolute Gasteiger partial charge is 0.335 e. The monoisotopic (exact) mass is 334 g/mol. The van der Waals surface area contributed by atoms with Crippen LogP contribution in [0.25, 0.3) is 16.9 Å². The molecule has 3 aromatic rings. The second kappa shape index (κ2) is 6.39. The number of aromatic carboxylic acids is 1. The van der Waals surface area contributed by atoms with Gasteiger partial charge in [-0.25, -0.2) is 9.48 Å². The Balaban J connectivity index is 1.85. The number of fused-ring (bicyclic) bond motifs is 1. The summed E-state index contributed by atoms with van der Waals surface area (Å²) in [5.41, 5.74) is 4.30. The molecular formula is C19H18N4O2. The van der Waals surface area contributed by atoms with E-state index < -0.39 is 5.97 Å². The molecule has 0 saturated heterocycles. The number of carboxylic acids is 1. The zero-order chi connectivity index (χ0) is 17.2. The van der Waals surface area contributed by atoms with E-state index >= 15 is 0 Å². The van der Waals surface area contributed by atoms with E-state index in [4.69, 9.17) is 10.2 Å². The first kappa shape index (κ1) is 15.4. The van der Waals surface area contributed by atoms with Gasteiger partial charge in [-0.2, -0.15) is 5.10 Å². The average molecular weight is 334 g/mol. The van der Waals surface area contributed by atoms with E-state index in [0.29, 0.717) is 0 Å². The van der Waals surface area contributed by atoms with E-state index in [-0.39, 0.29) is 5.56 Å². The largest absolute Gasteiger partial charge is 0.478 e. The van der Waals surface area contributed by atoms with Crippen LogP contribution in [0.3, 0.4) is 0 Å². The summed E-state index contributed by atoms with van der Waals surface area (Å²) < 4.78 is 1.88. The maximum Gasteiger partial charge on any atom is 0.335 e. The Hall–Kier alpha value is -3.15. The second-order valence-electron chi connectivity index (χ2n) is 6.06. The number of nitrogens with one attached hydrogen (secondary N) is 1. The van der Waals surface area contributed by atoms with Gasteiger partial charge in [0.1, 0.15) is 5.82 Å². The highest BCUT2D eigenvalue weighted by Crippen LogP contribution is 2.33. The van der Waals surface area contributed by atoms with Crippen LogP contribution in [0, 0.1) is 0 Å². The van der Waals surface area contributed by atoms with E-state index in [1.807, 2.05) is 16.8 Å². The molecule has 6 heteroatoms. The van der Waals surface area contributed by atoms with Crippen LogP contribution in [-0.2, 0) is 6.42 Å². The number of pyridine rings is 1. The van der Waals surface area contributed by atoms with E-state index in [2.05, 4.69) is 10.3 Å². The van der Waals surface area contributed by atoms with Crippen molar-refractivity contribution in [3.63, 3.8) is 0 Å². The molecule has 1 aliphatic rings. The van der Waals surface area contributed by atoms with E-state index in [1.54, 1.807) is 36.7 Å². The third kappa shape index (κ3) is 2.87. The Bertz CT molecular complexity index is 901. The highest BCUT2D eigenvalue weighted by Gasteiger charge is 2.21. The Morgan fingerprint density at radius 1 is 1.08 bits per heavy atom. The van der Waals surface area contributed by atoms with Crippen molar-refractivity contribution in [2.75, 3.05) is 11.9 Å². The van der Waals surface area contributed by atoms with Crippen LogP contribution >= 0.6 is 0 Å². The summed E-state index contributed by atoms with van der Waals surface area (Å²) in [7, 11) is 0. The molecule has 3 heterocycles. The Labute approximate surface area is 145 Å². The van der Waals surface area contributed by atoms with Gasteiger partial charge < -0.3 is 10.4 Å². The van der Waals surface area contributed by atoms with E-state index in [9.17, 15) is 4.79 Å². The summed E-state index contributed by atoms with van der Waals surface area (Å²) in [6.45, 7) is 0.904. The lowest BCUT2D eigenvalue weighted by Crippen LogP contribution is -2.07. The lowest BCUT2D eigenvalue weighted by Gasteiger charge is -2.09. The molecular weight excluding hydrogens is 316 g/mol. The van der Waals surface area contributed by atoms with Gasteiger partial charge in [0.05, 0.1) is 16.9 Å². The molecule has 0 spiro atoms. The number of anilines is 1. The van der Waals surface area contributed by atoms with Crippen molar-refractivity contribution < 1.29 is 9.90 Å². The van der Waals surface area contributed by atoms with Crippen LogP contribution < -0.4 is 5.32 Å². The van der Waals surface area contributed by atoms with Crippen molar-refractivity contribution in [3.05, 3.63) is 59.9 Å². The molecule has 0 unspecified atom stereocenters. The molecule has 0 fully saturated rings. The van der Waals surface area contributed by atoms with Crippen LogP contribution in [0.15, 0.2) is 48.8 Å². The van der Waals surface area contributed by atoms with Crippen molar-refractivity contribution in [3.8, 4) is 16.9 Å². The first-order valence-corrected chi connectivity index (χ1v) is 8.34. The zero-order valence-corrected chi connectivity index (χ0v) is 13.6. The lowest BCUT2D eigenvalue weighted by molar-refractivity contribution is 0.0697. The van der Waals surface area contributed by atoms with Gasteiger partial charge in [-0.15, -0.1) is 0 Å². The van der Waals surface area contributed by atoms with Gasteiger partial charge in [-0.05, 0) is 55.7 Å². The van der Waals surface area contributed by atoms with Gasteiger partial charge in [0.15, 0.2) is 0 Å². The number of rotatable bonds is 3. The van der Waals surface area contributed by atoms with Crippen LogP contribution in [0.2, 0.25) is 0 Å². The molecule has 0 bridgehead atoms. The average Bonchev–Trinajstić information content (AvgIpc) is 2.84. The highest BCUT2D eigenvalue weighted by molar-refractivity contribution is 5.87. The third-order valence-corrected chi connectivity index (χ3v) is 4.44. The van der Waals surface area contributed by atoms with Gasteiger partial charge in [-0.3, -0.25) is 4.98 Å². The first-order valence-electron chi connectivity index (χ1n) is 8.34. The minimum Gasteiger partial charge on any atom is -0.478 e. The number of hydrogen-bond donors (Lipinski definition) is 2. The van der Waals surface area contributed by atoms with Gasteiger partial charge >= 0.3 is 5.97 Å².